The van der Waals surface area contributed by atoms with Crippen LogP contribution in [0.5, 0.6) is 5.75 Å². The number of nitrogens with zero attached hydrogens (tertiary/aromatic N) is 4. The predicted octanol–water partition coefficient (Wildman–Crippen LogP) is 4.63. The Morgan fingerprint density at radius 3 is 2.62 bits per heavy atom. The Morgan fingerprint density at radius 2 is 1.91 bits per heavy atom. The summed E-state index contributed by atoms with van der Waals surface area (Å²) in [5.74, 6) is 1.48. The van der Waals surface area contributed by atoms with Gasteiger partial charge in [0.15, 0.2) is 0 Å². The van der Waals surface area contributed by atoms with Crippen LogP contribution in [0.15, 0.2) is 54.7 Å². The van der Waals surface area contributed by atoms with Crippen molar-refractivity contribution in [2.24, 2.45) is 5.92 Å². The average Bonchev–Trinajstić information content (AvgIpc) is 2.84. The van der Waals surface area contributed by atoms with Crippen LogP contribution in [-0.2, 0) is 4.74 Å². The minimum absolute atomic E-state index is 0.389. The molecule has 1 aliphatic rings. The van der Waals surface area contributed by atoms with Crippen molar-refractivity contribution in [2.75, 3.05) is 43.1 Å². The zero-order valence-corrected chi connectivity index (χ0v) is 18.4. The highest BCUT2D eigenvalue weighted by Crippen LogP contribution is 2.27. The third-order valence-corrected chi connectivity index (χ3v) is 5.12. The fraction of sp³-hybridized carbons (Fsp3) is 0.320. The fourth-order valence-electron chi connectivity index (χ4n) is 3.44. The summed E-state index contributed by atoms with van der Waals surface area (Å²) in [5, 5.41) is 12.8. The smallest absolute Gasteiger partial charge is 0.227 e. The van der Waals surface area contributed by atoms with Crippen molar-refractivity contribution in [1.29, 1.82) is 5.26 Å². The van der Waals surface area contributed by atoms with Crippen LogP contribution in [0, 0.1) is 17.2 Å². The monoisotopic (exact) mass is 429 g/mol. The first kappa shape index (κ1) is 21.6. The van der Waals surface area contributed by atoms with Crippen molar-refractivity contribution in [3.8, 4) is 23.1 Å². The molecule has 32 heavy (non-hydrogen) atoms. The second-order valence-electron chi connectivity index (χ2n) is 8.06. The van der Waals surface area contributed by atoms with E-state index in [2.05, 4.69) is 52.2 Å². The molecule has 164 valence electrons. The van der Waals surface area contributed by atoms with Crippen molar-refractivity contribution in [3.05, 3.63) is 60.3 Å². The normalized spacial score (nSPS) is 13.6. The fourth-order valence-corrected chi connectivity index (χ4v) is 3.44. The Labute approximate surface area is 188 Å². The third kappa shape index (κ3) is 5.34. The van der Waals surface area contributed by atoms with Gasteiger partial charge in [0.25, 0.3) is 0 Å². The number of anilines is 3. The number of hydrogen-bond donors (Lipinski definition) is 1. The largest absolute Gasteiger partial charge is 0.492 e. The van der Waals surface area contributed by atoms with Gasteiger partial charge in [0.05, 0.1) is 31.1 Å². The van der Waals surface area contributed by atoms with Gasteiger partial charge in [-0.3, -0.25) is 0 Å². The molecule has 1 saturated heterocycles. The van der Waals surface area contributed by atoms with Crippen LogP contribution in [0.1, 0.15) is 19.4 Å². The van der Waals surface area contributed by atoms with Gasteiger partial charge in [-0.2, -0.15) is 5.26 Å². The lowest BCUT2D eigenvalue weighted by molar-refractivity contribution is 0.122. The van der Waals surface area contributed by atoms with E-state index in [1.54, 1.807) is 12.3 Å². The number of hydrogen-bond acceptors (Lipinski definition) is 7. The Morgan fingerprint density at radius 1 is 1.12 bits per heavy atom. The summed E-state index contributed by atoms with van der Waals surface area (Å²) in [7, 11) is 0. The van der Waals surface area contributed by atoms with Crippen LogP contribution in [0.25, 0.3) is 11.3 Å². The molecule has 0 bridgehead atoms. The van der Waals surface area contributed by atoms with Crippen LogP contribution >= 0.6 is 0 Å². The minimum atomic E-state index is 0.389. The van der Waals surface area contributed by atoms with E-state index in [-0.39, 0.29) is 0 Å². The summed E-state index contributed by atoms with van der Waals surface area (Å²) in [4.78, 5) is 11.3. The molecule has 1 N–H and O–H groups in total. The van der Waals surface area contributed by atoms with Crippen molar-refractivity contribution in [1.82, 2.24) is 9.97 Å². The molecule has 0 unspecified atom stereocenters. The Bertz CT molecular complexity index is 1090. The number of benzene rings is 2. The summed E-state index contributed by atoms with van der Waals surface area (Å²) >= 11 is 0. The van der Waals surface area contributed by atoms with Crippen LogP contribution in [-0.4, -0.2) is 42.9 Å². The lowest BCUT2D eigenvalue weighted by Gasteiger charge is -2.28. The summed E-state index contributed by atoms with van der Waals surface area (Å²) in [6.07, 6.45) is 1.71. The van der Waals surface area contributed by atoms with Crippen molar-refractivity contribution in [3.63, 3.8) is 0 Å². The van der Waals surface area contributed by atoms with Gasteiger partial charge in [-0.15, -0.1) is 0 Å². The topological polar surface area (TPSA) is 83.3 Å². The molecule has 0 saturated carbocycles. The quantitative estimate of drug-likeness (QED) is 0.586. The summed E-state index contributed by atoms with van der Waals surface area (Å²) in [6.45, 7) is 8.06. The molecule has 0 amide bonds. The first-order valence-electron chi connectivity index (χ1n) is 10.8. The molecular weight excluding hydrogens is 402 g/mol. The van der Waals surface area contributed by atoms with Crippen LogP contribution in [0.2, 0.25) is 0 Å². The summed E-state index contributed by atoms with van der Waals surface area (Å²) in [6, 6.07) is 17.8. The van der Waals surface area contributed by atoms with Gasteiger partial charge in [0.1, 0.15) is 11.8 Å². The van der Waals surface area contributed by atoms with Gasteiger partial charge in [0, 0.05) is 36.2 Å². The van der Waals surface area contributed by atoms with Gasteiger partial charge < -0.3 is 19.7 Å². The summed E-state index contributed by atoms with van der Waals surface area (Å²) < 4.78 is 11.2. The number of aromatic nitrogens is 2. The molecule has 2 aromatic carbocycles. The SMILES string of the molecule is CC(C)COc1ccc(-c2ccnc(Nc3ccc(N4CCOCC4)cc3)n2)cc1C#N. The maximum atomic E-state index is 9.54. The minimum Gasteiger partial charge on any atom is -0.492 e. The first-order chi connectivity index (χ1) is 15.6. The van der Waals surface area contributed by atoms with E-state index < -0.39 is 0 Å². The highest BCUT2D eigenvalue weighted by Gasteiger charge is 2.12. The van der Waals surface area contributed by atoms with E-state index in [1.807, 2.05) is 30.3 Å². The second kappa shape index (κ2) is 10.1. The van der Waals surface area contributed by atoms with Crippen molar-refractivity contribution >= 4 is 17.3 Å². The number of rotatable bonds is 7. The molecule has 7 heteroatoms. The maximum absolute atomic E-state index is 9.54. The highest BCUT2D eigenvalue weighted by atomic mass is 16.5. The van der Waals surface area contributed by atoms with Crippen LogP contribution < -0.4 is 15.0 Å². The molecule has 2 heterocycles. The standard InChI is InChI=1S/C25H27N5O2/c1-18(2)17-32-24-8-3-19(15-20(24)16-26)23-9-10-27-25(29-23)28-21-4-6-22(7-5-21)30-11-13-31-14-12-30/h3-10,15,18H,11-14,17H2,1-2H3,(H,27,28,29). The van der Waals surface area contributed by atoms with Crippen molar-refractivity contribution < 1.29 is 9.47 Å². The molecule has 1 aliphatic heterocycles. The average molecular weight is 430 g/mol. The highest BCUT2D eigenvalue weighted by molar-refractivity contribution is 5.66. The molecule has 0 atom stereocenters. The number of nitrogens with one attached hydrogen (secondary N) is 1. The molecule has 0 spiro atoms. The molecule has 0 aliphatic carbocycles. The summed E-state index contributed by atoms with van der Waals surface area (Å²) in [5.41, 5.74) is 4.16. The first-order valence-corrected chi connectivity index (χ1v) is 10.8. The van der Waals surface area contributed by atoms with Gasteiger partial charge in [-0.1, -0.05) is 13.8 Å². The Hall–Kier alpha value is -3.63. The number of morpholine rings is 1. The van der Waals surface area contributed by atoms with E-state index in [1.165, 1.54) is 5.69 Å². The van der Waals surface area contributed by atoms with Gasteiger partial charge in [-0.05, 0) is 54.4 Å². The molecule has 1 fully saturated rings. The lowest BCUT2D eigenvalue weighted by atomic mass is 10.1. The maximum Gasteiger partial charge on any atom is 0.227 e. The van der Waals surface area contributed by atoms with Gasteiger partial charge >= 0.3 is 0 Å². The molecule has 3 aromatic rings. The van der Waals surface area contributed by atoms with E-state index in [4.69, 9.17) is 9.47 Å². The van der Waals surface area contributed by atoms with E-state index in [0.717, 1.165) is 43.2 Å². The predicted molar refractivity (Wildman–Crippen MR) is 125 cm³/mol. The molecule has 0 radical (unpaired) electrons. The molecule has 1 aromatic heterocycles. The van der Waals surface area contributed by atoms with E-state index in [0.29, 0.717) is 29.8 Å². The van der Waals surface area contributed by atoms with E-state index in [9.17, 15) is 5.26 Å². The van der Waals surface area contributed by atoms with Crippen molar-refractivity contribution in [2.45, 2.75) is 13.8 Å². The molecular formula is C25H27N5O2. The molecule has 7 nitrogen and oxygen atoms in total. The van der Waals surface area contributed by atoms with Gasteiger partial charge in [0.2, 0.25) is 5.95 Å². The Kier molecular flexibility index (Phi) is 6.83. The van der Waals surface area contributed by atoms with Gasteiger partial charge in [-0.25, -0.2) is 9.97 Å². The molecule has 4 rings (SSSR count). The zero-order chi connectivity index (χ0) is 22.3. The lowest BCUT2D eigenvalue weighted by Crippen LogP contribution is -2.36. The van der Waals surface area contributed by atoms with Crippen LogP contribution in [0.4, 0.5) is 17.3 Å². The second-order valence-corrected chi connectivity index (χ2v) is 8.06. The third-order valence-electron chi connectivity index (χ3n) is 5.12. The Balaban J connectivity index is 1.48. The number of ether oxygens (including phenoxy) is 2. The number of nitriles is 1. The van der Waals surface area contributed by atoms with Crippen LogP contribution in [0.3, 0.4) is 0 Å². The zero-order valence-electron chi connectivity index (χ0n) is 18.4. The van der Waals surface area contributed by atoms with E-state index >= 15 is 0 Å².